The molecule has 4 heteroatoms. The van der Waals surface area contributed by atoms with Gasteiger partial charge >= 0.3 is 0 Å². The smallest absolute Gasteiger partial charge is 0.133 e. The van der Waals surface area contributed by atoms with Crippen molar-refractivity contribution >= 4 is 11.3 Å². The summed E-state index contributed by atoms with van der Waals surface area (Å²) >= 11 is 1.79. The van der Waals surface area contributed by atoms with E-state index in [9.17, 15) is 0 Å². The fourth-order valence-electron chi connectivity index (χ4n) is 3.28. The van der Waals surface area contributed by atoms with Crippen molar-refractivity contribution in [2.24, 2.45) is 0 Å². The molecule has 1 aliphatic heterocycles. The molecular formula is C24H25N3S. The molecule has 3 aromatic rings. The Kier molecular flexibility index (Phi) is 5.30. The normalized spacial score (nSPS) is 14.2. The predicted molar refractivity (Wildman–Crippen MR) is 115 cm³/mol. The first-order valence-electron chi connectivity index (χ1n) is 9.71. The monoisotopic (exact) mass is 387 g/mol. The Morgan fingerprint density at radius 1 is 1.07 bits per heavy atom. The molecular weight excluding hydrogens is 362 g/mol. The number of nitrogens with zero attached hydrogens (tertiary/aromatic N) is 3. The molecule has 142 valence electrons. The molecule has 3 heterocycles. The minimum Gasteiger partial charge on any atom is -0.293 e. The van der Waals surface area contributed by atoms with Crippen molar-refractivity contribution in [1.29, 1.82) is 0 Å². The first-order valence-corrected chi connectivity index (χ1v) is 10.5. The van der Waals surface area contributed by atoms with Crippen molar-refractivity contribution in [1.82, 2.24) is 14.9 Å². The van der Waals surface area contributed by atoms with Gasteiger partial charge in [0.15, 0.2) is 0 Å². The molecule has 28 heavy (non-hydrogen) atoms. The van der Waals surface area contributed by atoms with E-state index in [-0.39, 0.29) is 5.41 Å². The second-order valence-corrected chi connectivity index (χ2v) is 9.43. The fraction of sp³-hybridized carbons (Fsp3) is 0.333. The number of thiophene rings is 1. The minimum absolute atomic E-state index is 0.000317. The lowest BCUT2D eigenvalue weighted by atomic mass is 9.95. The number of hydrogen-bond acceptors (Lipinski definition) is 4. The van der Waals surface area contributed by atoms with Crippen molar-refractivity contribution < 1.29 is 0 Å². The lowest BCUT2D eigenvalue weighted by Crippen LogP contribution is -2.31. The Hall–Kier alpha value is -2.48. The maximum Gasteiger partial charge on any atom is 0.133 e. The molecule has 0 aliphatic carbocycles. The molecule has 0 amide bonds. The first kappa shape index (κ1) is 18.9. The maximum absolute atomic E-state index is 4.83. The van der Waals surface area contributed by atoms with Crippen LogP contribution in [-0.4, -0.2) is 21.4 Å². The summed E-state index contributed by atoms with van der Waals surface area (Å²) in [6, 6.07) is 14.5. The number of fused-ring (bicyclic) bond motifs is 1. The Balaban J connectivity index is 1.41. The molecule has 0 saturated carbocycles. The van der Waals surface area contributed by atoms with Gasteiger partial charge in [0.2, 0.25) is 0 Å². The average Bonchev–Trinajstić information content (AvgIpc) is 3.13. The Morgan fingerprint density at radius 2 is 1.89 bits per heavy atom. The maximum atomic E-state index is 4.83. The van der Waals surface area contributed by atoms with Crippen LogP contribution in [0, 0.1) is 11.8 Å². The molecule has 0 atom stereocenters. The van der Waals surface area contributed by atoms with E-state index >= 15 is 0 Å². The van der Waals surface area contributed by atoms with E-state index in [0.29, 0.717) is 0 Å². The summed E-state index contributed by atoms with van der Waals surface area (Å²) in [5.74, 6) is 7.47. The standard InChI is InChI=1S/C24H25N3S/c1-24(2,3)23-25-15-19-16-27(14-13-22(19)26-23)17-21-12-11-20(28-21)10-9-18-7-5-4-6-8-18/h4-8,11-12,15H,13-14,16-17H2,1-3H3. The van der Waals surface area contributed by atoms with Crippen LogP contribution < -0.4 is 0 Å². The minimum atomic E-state index is 0.000317. The van der Waals surface area contributed by atoms with E-state index in [1.54, 1.807) is 11.3 Å². The summed E-state index contributed by atoms with van der Waals surface area (Å²) in [5, 5.41) is 0. The van der Waals surface area contributed by atoms with E-state index in [2.05, 4.69) is 54.6 Å². The second kappa shape index (κ2) is 7.87. The quantitative estimate of drug-likeness (QED) is 0.592. The predicted octanol–water partition coefficient (Wildman–Crippen LogP) is 4.79. The van der Waals surface area contributed by atoms with Gasteiger partial charge in [-0.3, -0.25) is 4.90 Å². The Bertz CT molecular complexity index is 1020. The highest BCUT2D eigenvalue weighted by molar-refractivity contribution is 7.12. The van der Waals surface area contributed by atoms with Crippen LogP contribution in [0.3, 0.4) is 0 Å². The topological polar surface area (TPSA) is 29.0 Å². The molecule has 1 aromatic carbocycles. The van der Waals surface area contributed by atoms with Crippen LogP contribution in [0.5, 0.6) is 0 Å². The van der Waals surface area contributed by atoms with Crippen LogP contribution in [0.1, 0.15) is 53.2 Å². The van der Waals surface area contributed by atoms with Crippen molar-refractivity contribution in [2.45, 2.75) is 45.7 Å². The number of aromatic nitrogens is 2. The largest absolute Gasteiger partial charge is 0.293 e. The van der Waals surface area contributed by atoms with Crippen molar-refractivity contribution in [3.05, 3.63) is 81.1 Å². The Labute approximate surface area is 171 Å². The second-order valence-electron chi connectivity index (χ2n) is 8.26. The number of rotatable bonds is 2. The number of benzene rings is 1. The summed E-state index contributed by atoms with van der Waals surface area (Å²) in [4.78, 5) is 14.4. The van der Waals surface area contributed by atoms with Gasteiger partial charge in [0.25, 0.3) is 0 Å². The summed E-state index contributed by atoms with van der Waals surface area (Å²) in [7, 11) is 0. The van der Waals surface area contributed by atoms with Crippen molar-refractivity contribution in [3.63, 3.8) is 0 Å². The third-order valence-corrected chi connectivity index (χ3v) is 5.81. The zero-order valence-electron chi connectivity index (χ0n) is 16.7. The van der Waals surface area contributed by atoms with E-state index in [1.807, 2.05) is 36.5 Å². The van der Waals surface area contributed by atoms with Gasteiger partial charge < -0.3 is 0 Å². The lowest BCUT2D eigenvalue weighted by Gasteiger charge is -2.28. The van der Waals surface area contributed by atoms with Crippen LogP contribution in [0.15, 0.2) is 48.7 Å². The highest BCUT2D eigenvalue weighted by Crippen LogP contribution is 2.25. The molecule has 4 rings (SSSR count). The van der Waals surface area contributed by atoms with Gasteiger partial charge in [-0.05, 0) is 24.3 Å². The van der Waals surface area contributed by atoms with Gasteiger partial charge in [0.05, 0.1) is 4.88 Å². The third kappa shape index (κ3) is 4.49. The molecule has 0 saturated heterocycles. The van der Waals surface area contributed by atoms with Gasteiger partial charge in [-0.15, -0.1) is 11.3 Å². The van der Waals surface area contributed by atoms with E-state index < -0.39 is 0 Å². The molecule has 3 nitrogen and oxygen atoms in total. The van der Waals surface area contributed by atoms with Crippen LogP contribution in [0.2, 0.25) is 0 Å². The highest BCUT2D eigenvalue weighted by atomic mass is 32.1. The fourth-order valence-corrected chi connectivity index (χ4v) is 4.18. The van der Waals surface area contributed by atoms with Crippen LogP contribution in [0.25, 0.3) is 0 Å². The molecule has 0 N–H and O–H groups in total. The average molecular weight is 388 g/mol. The van der Waals surface area contributed by atoms with E-state index in [1.165, 1.54) is 16.1 Å². The van der Waals surface area contributed by atoms with Crippen LogP contribution in [-0.2, 0) is 24.9 Å². The summed E-state index contributed by atoms with van der Waals surface area (Å²) in [6.45, 7) is 9.41. The molecule has 0 unspecified atom stereocenters. The van der Waals surface area contributed by atoms with Gasteiger partial charge in [-0.25, -0.2) is 9.97 Å². The highest BCUT2D eigenvalue weighted by Gasteiger charge is 2.23. The zero-order chi connectivity index (χ0) is 19.6. The molecule has 0 spiro atoms. The zero-order valence-corrected chi connectivity index (χ0v) is 17.5. The third-order valence-electron chi connectivity index (χ3n) is 4.83. The van der Waals surface area contributed by atoms with Gasteiger partial charge in [0.1, 0.15) is 5.82 Å². The SMILES string of the molecule is CC(C)(C)c1ncc2c(n1)CCN(Cc1ccc(C#Cc3ccccc3)s1)C2. The summed E-state index contributed by atoms with van der Waals surface area (Å²) < 4.78 is 0. The molecule has 0 fully saturated rings. The van der Waals surface area contributed by atoms with Crippen molar-refractivity contribution in [2.75, 3.05) is 6.54 Å². The molecule has 1 aliphatic rings. The van der Waals surface area contributed by atoms with E-state index in [4.69, 9.17) is 4.98 Å². The van der Waals surface area contributed by atoms with Crippen molar-refractivity contribution in [3.8, 4) is 11.8 Å². The summed E-state index contributed by atoms with van der Waals surface area (Å²) in [5.41, 5.74) is 3.54. The summed E-state index contributed by atoms with van der Waals surface area (Å²) in [6.07, 6.45) is 3.02. The van der Waals surface area contributed by atoms with Crippen LogP contribution in [0.4, 0.5) is 0 Å². The van der Waals surface area contributed by atoms with Gasteiger partial charge in [0, 0.05) is 59.4 Å². The van der Waals surface area contributed by atoms with Gasteiger partial charge in [-0.1, -0.05) is 50.8 Å². The Morgan fingerprint density at radius 3 is 2.68 bits per heavy atom. The molecule has 0 bridgehead atoms. The first-order chi connectivity index (χ1) is 13.5. The van der Waals surface area contributed by atoms with E-state index in [0.717, 1.165) is 42.3 Å². The van der Waals surface area contributed by atoms with Gasteiger partial charge in [-0.2, -0.15) is 0 Å². The number of hydrogen-bond donors (Lipinski definition) is 0. The molecule has 2 aromatic heterocycles. The lowest BCUT2D eigenvalue weighted by molar-refractivity contribution is 0.244. The molecule has 0 radical (unpaired) electrons. The van der Waals surface area contributed by atoms with Crippen LogP contribution >= 0.6 is 11.3 Å².